The van der Waals surface area contributed by atoms with Crippen LogP contribution in [0.3, 0.4) is 0 Å². The topological polar surface area (TPSA) is 82.1 Å². The van der Waals surface area contributed by atoms with Crippen LogP contribution in [0.25, 0.3) is 10.8 Å². The lowest BCUT2D eigenvalue weighted by molar-refractivity contribution is -0.384. The van der Waals surface area contributed by atoms with Crippen molar-refractivity contribution in [2.45, 2.75) is 17.4 Å². The molecule has 8 heteroatoms. The lowest BCUT2D eigenvalue weighted by Gasteiger charge is -2.08. The van der Waals surface area contributed by atoms with Gasteiger partial charge in [0.2, 0.25) is 0 Å². The molecule has 0 amide bonds. The number of hydrogen-bond acceptors (Lipinski definition) is 7. The van der Waals surface area contributed by atoms with E-state index in [1.165, 1.54) is 29.2 Å². The molecular formula is C14H11N3O3S2. The van der Waals surface area contributed by atoms with Gasteiger partial charge in [-0.1, -0.05) is 30.0 Å². The molecule has 0 saturated carbocycles. The Morgan fingerprint density at radius 1 is 1.32 bits per heavy atom. The Morgan fingerprint density at radius 3 is 2.91 bits per heavy atom. The maximum Gasteiger partial charge on any atom is 0.277 e. The smallest absolute Gasteiger partial charge is 0.277 e. The molecule has 2 heterocycles. The Bertz CT molecular complexity index is 786. The molecule has 6 nitrogen and oxygen atoms in total. The van der Waals surface area contributed by atoms with Crippen LogP contribution < -0.4 is 0 Å². The maximum absolute atomic E-state index is 10.8. The molecule has 2 aromatic heterocycles. The van der Waals surface area contributed by atoms with Crippen LogP contribution in [0.5, 0.6) is 0 Å². The van der Waals surface area contributed by atoms with E-state index >= 15 is 0 Å². The molecule has 0 radical (unpaired) electrons. The van der Waals surface area contributed by atoms with E-state index in [-0.39, 0.29) is 10.9 Å². The summed E-state index contributed by atoms with van der Waals surface area (Å²) in [6, 6.07) is 10.4. The Hall–Kier alpha value is -2.19. The summed E-state index contributed by atoms with van der Waals surface area (Å²) in [6.45, 7) is 1.94. The van der Waals surface area contributed by atoms with Gasteiger partial charge in [-0.05, 0) is 23.9 Å². The summed E-state index contributed by atoms with van der Waals surface area (Å²) >= 11 is 2.91. The fourth-order valence-corrected chi connectivity index (χ4v) is 3.31. The van der Waals surface area contributed by atoms with Gasteiger partial charge in [-0.3, -0.25) is 10.1 Å². The van der Waals surface area contributed by atoms with Crippen molar-refractivity contribution in [1.29, 1.82) is 0 Å². The molecule has 1 atom stereocenters. The normalized spacial score (nSPS) is 12.2. The highest BCUT2D eigenvalue weighted by Gasteiger charge is 2.16. The van der Waals surface area contributed by atoms with Gasteiger partial charge in [0.05, 0.1) is 9.80 Å². The number of benzene rings is 1. The summed E-state index contributed by atoms with van der Waals surface area (Å²) in [7, 11) is 0. The van der Waals surface area contributed by atoms with E-state index in [4.69, 9.17) is 4.42 Å². The molecule has 3 aromatic rings. The SMILES string of the molecule is CC(Sc1nnc(-c2cccs2)o1)c1cccc([N+](=O)[O-])c1. The van der Waals surface area contributed by atoms with Crippen LogP contribution in [0.4, 0.5) is 5.69 Å². The van der Waals surface area contributed by atoms with E-state index in [2.05, 4.69) is 10.2 Å². The Morgan fingerprint density at radius 2 is 2.18 bits per heavy atom. The fraction of sp³-hybridized carbons (Fsp3) is 0.143. The van der Waals surface area contributed by atoms with E-state index in [0.29, 0.717) is 11.1 Å². The summed E-state index contributed by atoms with van der Waals surface area (Å²) in [4.78, 5) is 11.3. The average Bonchev–Trinajstić information content (AvgIpc) is 3.18. The maximum atomic E-state index is 10.8. The van der Waals surface area contributed by atoms with Crippen molar-refractivity contribution in [3.05, 3.63) is 57.5 Å². The summed E-state index contributed by atoms with van der Waals surface area (Å²) in [6.07, 6.45) is 0. The van der Waals surface area contributed by atoms with E-state index in [9.17, 15) is 10.1 Å². The van der Waals surface area contributed by atoms with Crippen molar-refractivity contribution < 1.29 is 9.34 Å². The lowest BCUT2D eigenvalue weighted by atomic mass is 10.1. The Labute approximate surface area is 134 Å². The third-order valence-corrected chi connectivity index (χ3v) is 4.82. The minimum Gasteiger partial charge on any atom is -0.410 e. The zero-order valence-corrected chi connectivity index (χ0v) is 13.1. The third kappa shape index (κ3) is 3.18. The minimum atomic E-state index is -0.400. The fourth-order valence-electron chi connectivity index (χ4n) is 1.87. The first-order chi connectivity index (χ1) is 10.6. The van der Waals surface area contributed by atoms with Crippen LogP contribution in [0.1, 0.15) is 17.7 Å². The summed E-state index contributed by atoms with van der Waals surface area (Å²) in [5, 5.41) is 21.2. The zero-order chi connectivity index (χ0) is 15.5. The molecule has 0 N–H and O–H groups in total. The number of thioether (sulfide) groups is 1. The van der Waals surface area contributed by atoms with Gasteiger partial charge in [0, 0.05) is 17.4 Å². The van der Waals surface area contributed by atoms with Gasteiger partial charge in [0.1, 0.15) is 0 Å². The van der Waals surface area contributed by atoms with Crippen molar-refractivity contribution in [2.24, 2.45) is 0 Å². The molecule has 0 aliphatic rings. The van der Waals surface area contributed by atoms with Crippen LogP contribution >= 0.6 is 23.1 Å². The Kier molecular flexibility index (Phi) is 4.21. The molecule has 0 fully saturated rings. The van der Waals surface area contributed by atoms with E-state index < -0.39 is 4.92 Å². The van der Waals surface area contributed by atoms with Crippen molar-refractivity contribution >= 4 is 28.8 Å². The van der Waals surface area contributed by atoms with Crippen molar-refractivity contribution in [3.8, 4) is 10.8 Å². The van der Waals surface area contributed by atoms with Gasteiger partial charge in [-0.2, -0.15) is 0 Å². The minimum absolute atomic E-state index is 0.0310. The molecule has 22 heavy (non-hydrogen) atoms. The molecule has 0 saturated heterocycles. The second kappa shape index (κ2) is 6.29. The largest absolute Gasteiger partial charge is 0.410 e. The number of rotatable bonds is 5. The van der Waals surface area contributed by atoms with Crippen LogP contribution in [-0.4, -0.2) is 15.1 Å². The molecule has 0 aliphatic heterocycles. The molecule has 0 spiro atoms. The number of non-ortho nitro benzene ring substituents is 1. The van der Waals surface area contributed by atoms with Gasteiger partial charge < -0.3 is 4.42 Å². The number of thiophene rings is 1. The zero-order valence-electron chi connectivity index (χ0n) is 11.5. The monoisotopic (exact) mass is 333 g/mol. The predicted molar refractivity (Wildman–Crippen MR) is 85.0 cm³/mol. The third-order valence-electron chi connectivity index (χ3n) is 2.97. The van der Waals surface area contributed by atoms with Gasteiger partial charge in [0.25, 0.3) is 16.8 Å². The number of nitro benzene ring substituents is 1. The van der Waals surface area contributed by atoms with Crippen molar-refractivity contribution in [1.82, 2.24) is 10.2 Å². The quantitative estimate of drug-likeness (QED) is 0.387. The van der Waals surface area contributed by atoms with Gasteiger partial charge in [0.15, 0.2) is 0 Å². The molecule has 1 aromatic carbocycles. The van der Waals surface area contributed by atoms with Crippen molar-refractivity contribution in [2.75, 3.05) is 0 Å². The molecule has 3 rings (SSSR count). The van der Waals surface area contributed by atoms with Crippen LogP contribution in [0.2, 0.25) is 0 Å². The molecule has 1 unspecified atom stereocenters. The Balaban J connectivity index is 1.75. The van der Waals surface area contributed by atoms with Crippen molar-refractivity contribution in [3.63, 3.8) is 0 Å². The summed E-state index contributed by atoms with van der Waals surface area (Å²) in [5.41, 5.74) is 0.921. The standard InChI is InChI=1S/C14H11N3O3S2/c1-9(10-4-2-5-11(8-10)17(18)19)22-14-16-15-13(20-14)12-6-3-7-21-12/h2-9H,1H3. The second-order valence-electron chi connectivity index (χ2n) is 4.46. The molecular weight excluding hydrogens is 322 g/mol. The first-order valence-electron chi connectivity index (χ1n) is 6.42. The predicted octanol–water partition coefficient (Wildman–Crippen LogP) is 4.56. The van der Waals surface area contributed by atoms with E-state index in [1.54, 1.807) is 12.1 Å². The van der Waals surface area contributed by atoms with Crippen LogP contribution in [0.15, 0.2) is 51.4 Å². The first kappa shape index (κ1) is 14.7. The molecule has 112 valence electrons. The highest BCUT2D eigenvalue weighted by Crippen LogP contribution is 2.36. The van der Waals surface area contributed by atoms with Gasteiger partial charge in [-0.25, -0.2) is 0 Å². The number of hydrogen-bond donors (Lipinski definition) is 0. The molecule has 0 bridgehead atoms. The van der Waals surface area contributed by atoms with E-state index in [0.717, 1.165) is 10.4 Å². The lowest BCUT2D eigenvalue weighted by Crippen LogP contribution is -1.92. The van der Waals surface area contributed by atoms with Gasteiger partial charge >= 0.3 is 0 Å². The number of aromatic nitrogens is 2. The highest BCUT2D eigenvalue weighted by molar-refractivity contribution is 7.99. The first-order valence-corrected chi connectivity index (χ1v) is 8.18. The van der Waals surface area contributed by atoms with Crippen LogP contribution in [-0.2, 0) is 0 Å². The highest BCUT2D eigenvalue weighted by atomic mass is 32.2. The van der Waals surface area contributed by atoms with Crippen LogP contribution in [0, 0.1) is 10.1 Å². The second-order valence-corrected chi connectivity index (χ2v) is 6.70. The summed E-state index contributed by atoms with van der Waals surface area (Å²) < 4.78 is 5.62. The average molecular weight is 333 g/mol. The van der Waals surface area contributed by atoms with E-state index in [1.807, 2.05) is 30.5 Å². The summed E-state index contributed by atoms with van der Waals surface area (Å²) in [5.74, 6) is 0.490. The number of nitrogens with zero attached hydrogens (tertiary/aromatic N) is 3. The van der Waals surface area contributed by atoms with Gasteiger partial charge in [-0.15, -0.1) is 21.5 Å². The molecule has 0 aliphatic carbocycles. The number of nitro groups is 1.